The van der Waals surface area contributed by atoms with Crippen molar-refractivity contribution in [2.75, 3.05) is 32.8 Å². The first-order chi connectivity index (χ1) is 13.0. The van der Waals surface area contributed by atoms with E-state index >= 15 is 0 Å². The molecule has 2 amide bonds. The molecule has 1 aromatic carbocycles. The Morgan fingerprint density at radius 1 is 1.26 bits per heavy atom. The Labute approximate surface area is 155 Å². The summed E-state index contributed by atoms with van der Waals surface area (Å²) in [5.74, 6) is -1.96. The number of nitrogens with zero attached hydrogens (tertiary/aromatic N) is 2. The Morgan fingerprint density at radius 2 is 2.04 bits per heavy atom. The SMILES string of the molecule is O=C(COc1ccc(F)cc1F)N1CCC(N2C(=O)O[C@H]3CNC[C@H]32)CC1. The van der Waals surface area contributed by atoms with Crippen LogP contribution in [0, 0.1) is 11.6 Å². The van der Waals surface area contributed by atoms with Crippen molar-refractivity contribution in [3.8, 4) is 5.75 Å². The third kappa shape index (κ3) is 3.55. The highest BCUT2D eigenvalue weighted by Gasteiger charge is 2.48. The summed E-state index contributed by atoms with van der Waals surface area (Å²) in [6, 6.07) is 3.07. The quantitative estimate of drug-likeness (QED) is 0.847. The average Bonchev–Trinajstić information content (AvgIpc) is 3.21. The molecule has 3 aliphatic rings. The number of ether oxygens (including phenoxy) is 2. The van der Waals surface area contributed by atoms with Gasteiger partial charge in [-0.05, 0) is 25.0 Å². The fourth-order valence-corrected chi connectivity index (χ4v) is 4.00. The van der Waals surface area contributed by atoms with Gasteiger partial charge in [-0.3, -0.25) is 9.69 Å². The second-order valence-electron chi connectivity index (χ2n) is 7.03. The van der Waals surface area contributed by atoms with Crippen molar-refractivity contribution in [1.82, 2.24) is 15.1 Å². The minimum absolute atomic E-state index is 0.0481. The van der Waals surface area contributed by atoms with Crippen molar-refractivity contribution >= 4 is 12.0 Å². The maximum Gasteiger partial charge on any atom is 0.410 e. The van der Waals surface area contributed by atoms with Crippen LogP contribution in [0.3, 0.4) is 0 Å². The van der Waals surface area contributed by atoms with Gasteiger partial charge in [-0.1, -0.05) is 0 Å². The van der Waals surface area contributed by atoms with Gasteiger partial charge in [-0.15, -0.1) is 0 Å². The molecule has 3 heterocycles. The number of fused-ring (bicyclic) bond motifs is 1. The molecule has 7 nitrogen and oxygen atoms in total. The van der Waals surface area contributed by atoms with E-state index in [0.717, 1.165) is 18.7 Å². The first-order valence-electron chi connectivity index (χ1n) is 9.08. The smallest absolute Gasteiger partial charge is 0.410 e. The zero-order valence-electron chi connectivity index (χ0n) is 14.7. The van der Waals surface area contributed by atoms with Crippen LogP contribution < -0.4 is 10.1 Å². The van der Waals surface area contributed by atoms with E-state index in [1.165, 1.54) is 0 Å². The number of carbonyl (C=O) groups is 2. The third-order valence-electron chi connectivity index (χ3n) is 5.40. The van der Waals surface area contributed by atoms with E-state index in [1.807, 2.05) is 4.90 Å². The minimum Gasteiger partial charge on any atom is -0.481 e. The van der Waals surface area contributed by atoms with Gasteiger partial charge in [-0.2, -0.15) is 0 Å². The fraction of sp³-hybridized carbons (Fsp3) is 0.556. The summed E-state index contributed by atoms with van der Waals surface area (Å²) >= 11 is 0. The van der Waals surface area contributed by atoms with Gasteiger partial charge in [0, 0.05) is 38.3 Å². The molecule has 0 aliphatic carbocycles. The molecule has 0 aromatic heterocycles. The fourth-order valence-electron chi connectivity index (χ4n) is 4.00. The standard InChI is InChI=1S/C18H21F2N3O4/c19-11-1-2-15(13(20)7-11)26-10-17(24)22-5-3-12(4-6-22)23-14-8-21-9-16(14)27-18(23)25/h1-2,7,12,14,16,21H,3-6,8-10H2/t14-,16+/m1/s1. The Bertz CT molecular complexity index is 739. The maximum atomic E-state index is 13.6. The Morgan fingerprint density at radius 3 is 2.78 bits per heavy atom. The van der Waals surface area contributed by atoms with E-state index in [-0.39, 0.29) is 42.5 Å². The first kappa shape index (κ1) is 18.0. The lowest BCUT2D eigenvalue weighted by atomic mass is 10.0. The van der Waals surface area contributed by atoms with Crippen LogP contribution in [0.4, 0.5) is 13.6 Å². The zero-order valence-corrected chi connectivity index (χ0v) is 14.7. The molecule has 0 saturated carbocycles. The Kier molecular flexibility index (Phi) is 4.86. The van der Waals surface area contributed by atoms with Crippen molar-refractivity contribution in [3.63, 3.8) is 0 Å². The second kappa shape index (κ2) is 7.30. The van der Waals surface area contributed by atoms with E-state index in [4.69, 9.17) is 9.47 Å². The van der Waals surface area contributed by atoms with E-state index < -0.39 is 11.6 Å². The second-order valence-corrected chi connectivity index (χ2v) is 7.03. The molecule has 146 valence electrons. The van der Waals surface area contributed by atoms with Crippen LogP contribution in [0.25, 0.3) is 0 Å². The lowest BCUT2D eigenvalue weighted by Gasteiger charge is -2.37. The summed E-state index contributed by atoms with van der Waals surface area (Å²) in [5, 5.41) is 3.23. The molecule has 3 fully saturated rings. The van der Waals surface area contributed by atoms with Crippen LogP contribution >= 0.6 is 0 Å². The summed E-state index contributed by atoms with van der Waals surface area (Å²) < 4.78 is 37.0. The first-order valence-corrected chi connectivity index (χ1v) is 9.08. The van der Waals surface area contributed by atoms with Gasteiger partial charge in [0.1, 0.15) is 11.9 Å². The van der Waals surface area contributed by atoms with Gasteiger partial charge in [-0.25, -0.2) is 13.6 Å². The van der Waals surface area contributed by atoms with Crippen molar-refractivity contribution < 1.29 is 27.8 Å². The van der Waals surface area contributed by atoms with Crippen LogP contribution in [0.1, 0.15) is 12.8 Å². The number of rotatable bonds is 4. The molecule has 0 unspecified atom stereocenters. The molecule has 0 bridgehead atoms. The topological polar surface area (TPSA) is 71.1 Å². The van der Waals surface area contributed by atoms with Gasteiger partial charge < -0.3 is 19.7 Å². The minimum atomic E-state index is -0.839. The normalized spacial score (nSPS) is 25.5. The van der Waals surface area contributed by atoms with Gasteiger partial charge in [0.2, 0.25) is 0 Å². The largest absolute Gasteiger partial charge is 0.481 e. The van der Waals surface area contributed by atoms with Crippen molar-refractivity contribution in [2.24, 2.45) is 0 Å². The van der Waals surface area contributed by atoms with E-state index in [2.05, 4.69) is 5.32 Å². The van der Waals surface area contributed by atoms with Gasteiger partial charge >= 0.3 is 6.09 Å². The monoisotopic (exact) mass is 381 g/mol. The van der Waals surface area contributed by atoms with Crippen LogP contribution in [0.2, 0.25) is 0 Å². The van der Waals surface area contributed by atoms with Crippen molar-refractivity contribution in [2.45, 2.75) is 31.0 Å². The molecular weight excluding hydrogens is 360 g/mol. The number of likely N-dealkylation sites (tertiary alicyclic amines) is 1. The van der Waals surface area contributed by atoms with Crippen LogP contribution in [0.15, 0.2) is 18.2 Å². The summed E-state index contributed by atoms with van der Waals surface area (Å²) in [5.41, 5.74) is 0. The lowest BCUT2D eigenvalue weighted by molar-refractivity contribution is -0.134. The third-order valence-corrected chi connectivity index (χ3v) is 5.40. The molecule has 1 N–H and O–H groups in total. The van der Waals surface area contributed by atoms with Crippen molar-refractivity contribution in [1.29, 1.82) is 0 Å². The van der Waals surface area contributed by atoms with Gasteiger partial charge in [0.15, 0.2) is 18.2 Å². The molecule has 3 aliphatic heterocycles. The van der Waals surface area contributed by atoms with E-state index in [9.17, 15) is 18.4 Å². The van der Waals surface area contributed by atoms with Crippen LogP contribution in [0.5, 0.6) is 5.75 Å². The highest BCUT2D eigenvalue weighted by atomic mass is 19.1. The Hall–Kier alpha value is -2.42. The van der Waals surface area contributed by atoms with E-state index in [1.54, 1.807) is 4.90 Å². The predicted molar refractivity (Wildman–Crippen MR) is 90.2 cm³/mol. The number of amides is 2. The molecule has 3 saturated heterocycles. The van der Waals surface area contributed by atoms with Gasteiger partial charge in [0.25, 0.3) is 5.91 Å². The number of nitrogens with one attached hydrogen (secondary N) is 1. The highest BCUT2D eigenvalue weighted by molar-refractivity contribution is 5.78. The van der Waals surface area contributed by atoms with Crippen LogP contribution in [-0.4, -0.2) is 72.8 Å². The number of carbonyl (C=O) groups excluding carboxylic acids is 2. The molecule has 0 radical (unpaired) electrons. The van der Waals surface area contributed by atoms with E-state index in [0.29, 0.717) is 38.5 Å². The number of halogens is 2. The van der Waals surface area contributed by atoms with Crippen molar-refractivity contribution in [3.05, 3.63) is 29.8 Å². The molecule has 1 aromatic rings. The molecule has 27 heavy (non-hydrogen) atoms. The number of piperidine rings is 1. The zero-order chi connectivity index (χ0) is 19.0. The average molecular weight is 381 g/mol. The molecule has 4 rings (SSSR count). The maximum absolute atomic E-state index is 13.6. The number of hydrogen-bond donors (Lipinski definition) is 1. The predicted octanol–water partition coefficient (Wildman–Crippen LogP) is 1.13. The molecule has 9 heteroatoms. The lowest BCUT2D eigenvalue weighted by Crippen LogP contribution is -2.51. The summed E-state index contributed by atoms with van der Waals surface area (Å²) in [6.07, 6.45) is 0.965. The summed E-state index contributed by atoms with van der Waals surface area (Å²) in [4.78, 5) is 27.9. The van der Waals surface area contributed by atoms with Crippen LogP contribution in [-0.2, 0) is 9.53 Å². The summed E-state index contributed by atoms with van der Waals surface area (Å²) in [7, 11) is 0. The number of hydrogen-bond acceptors (Lipinski definition) is 5. The highest BCUT2D eigenvalue weighted by Crippen LogP contribution is 2.29. The molecule has 2 atom stereocenters. The number of benzene rings is 1. The van der Waals surface area contributed by atoms with Gasteiger partial charge in [0.05, 0.1) is 6.04 Å². The Balaban J connectivity index is 1.28. The molecule has 0 spiro atoms. The summed E-state index contributed by atoms with van der Waals surface area (Å²) in [6.45, 7) is 2.09. The molecular formula is C18H21F2N3O4.